The Morgan fingerprint density at radius 2 is 2.20 bits per heavy atom. The molecule has 1 radical (unpaired) electrons. The number of alkyl halides is 1. The Bertz CT molecular complexity index is 212. The van der Waals surface area contributed by atoms with Crippen molar-refractivity contribution < 1.29 is 5.11 Å². The summed E-state index contributed by atoms with van der Waals surface area (Å²) >= 11 is 5.54. The Hall–Kier alpha value is -0.690. The molecule has 0 atom stereocenters. The van der Waals surface area contributed by atoms with E-state index in [1.807, 2.05) is 6.07 Å². The summed E-state index contributed by atoms with van der Waals surface area (Å²) in [6, 6.07) is 5.16. The lowest BCUT2D eigenvalue weighted by Crippen LogP contribution is -1.83. The van der Waals surface area contributed by atoms with Crippen molar-refractivity contribution >= 4 is 11.6 Å². The Labute approximate surface area is 65.3 Å². The SMILES string of the molecule is [CH2]c1cccc(O)c1CCl. The van der Waals surface area contributed by atoms with Gasteiger partial charge in [0.25, 0.3) is 0 Å². The van der Waals surface area contributed by atoms with Crippen molar-refractivity contribution in [3.05, 3.63) is 36.2 Å². The number of rotatable bonds is 1. The second-order valence-corrected chi connectivity index (χ2v) is 2.32. The number of halogens is 1. The van der Waals surface area contributed by atoms with Crippen LogP contribution in [0.4, 0.5) is 0 Å². The molecule has 0 heterocycles. The zero-order chi connectivity index (χ0) is 7.56. The van der Waals surface area contributed by atoms with Crippen LogP contribution < -0.4 is 0 Å². The van der Waals surface area contributed by atoms with Gasteiger partial charge in [-0.05, 0) is 18.6 Å². The van der Waals surface area contributed by atoms with Gasteiger partial charge in [0, 0.05) is 5.56 Å². The van der Waals surface area contributed by atoms with Crippen molar-refractivity contribution in [1.82, 2.24) is 0 Å². The van der Waals surface area contributed by atoms with E-state index in [0.29, 0.717) is 11.4 Å². The third kappa shape index (κ3) is 1.24. The Balaban J connectivity index is 3.17. The molecule has 0 bridgehead atoms. The molecular formula is C8H8ClO. The van der Waals surface area contributed by atoms with Crippen molar-refractivity contribution in [2.45, 2.75) is 5.88 Å². The molecule has 1 aromatic carbocycles. The first kappa shape index (κ1) is 7.42. The predicted molar refractivity (Wildman–Crippen MR) is 42.1 cm³/mol. The van der Waals surface area contributed by atoms with Crippen LogP contribution in [-0.4, -0.2) is 5.11 Å². The highest BCUT2D eigenvalue weighted by Gasteiger charge is 2.00. The van der Waals surface area contributed by atoms with Crippen LogP contribution in [0.15, 0.2) is 18.2 Å². The number of benzene rings is 1. The van der Waals surface area contributed by atoms with Crippen LogP contribution in [0.2, 0.25) is 0 Å². The summed E-state index contributed by atoms with van der Waals surface area (Å²) < 4.78 is 0. The molecule has 53 valence electrons. The number of phenols is 1. The van der Waals surface area contributed by atoms with Gasteiger partial charge in [0.2, 0.25) is 0 Å². The number of hydrogen-bond donors (Lipinski definition) is 1. The molecule has 0 saturated carbocycles. The molecule has 0 aliphatic heterocycles. The van der Waals surface area contributed by atoms with E-state index < -0.39 is 0 Å². The van der Waals surface area contributed by atoms with Crippen LogP contribution >= 0.6 is 11.6 Å². The monoisotopic (exact) mass is 155 g/mol. The van der Waals surface area contributed by atoms with Gasteiger partial charge in [-0.25, -0.2) is 0 Å². The summed E-state index contributed by atoms with van der Waals surface area (Å²) in [5.74, 6) is 0.536. The summed E-state index contributed by atoms with van der Waals surface area (Å²) in [7, 11) is 0. The third-order valence-corrected chi connectivity index (χ3v) is 1.65. The molecule has 10 heavy (non-hydrogen) atoms. The maximum atomic E-state index is 9.17. The van der Waals surface area contributed by atoms with E-state index in [1.54, 1.807) is 12.1 Å². The van der Waals surface area contributed by atoms with Crippen LogP contribution in [0.3, 0.4) is 0 Å². The van der Waals surface area contributed by atoms with Gasteiger partial charge in [0.05, 0.1) is 5.88 Å². The minimum absolute atomic E-state index is 0.225. The zero-order valence-corrected chi connectivity index (χ0v) is 6.23. The maximum Gasteiger partial charge on any atom is 0.120 e. The van der Waals surface area contributed by atoms with E-state index in [2.05, 4.69) is 6.92 Å². The number of hydrogen-bond acceptors (Lipinski definition) is 1. The molecule has 0 aliphatic carbocycles. The Morgan fingerprint density at radius 1 is 1.50 bits per heavy atom. The predicted octanol–water partition coefficient (Wildman–Crippen LogP) is 2.31. The van der Waals surface area contributed by atoms with Crippen LogP contribution in [0.5, 0.6) is 5.75 Å². The van der Waals surface area contributed by atoms with Crippen molar-refractivity contribution in [2.24, 2.45) is 0 Å². The molecule has 0 aliphatic rings. The molecule has 1 aromatic rings. The maximum absolute atomic E-state index is 9.17. The molecule has 0 amide bonds. The molecule has 1 rings (SSSR count). The molecule has 1 N–H and O–H groups in total. The first-order valence-electron chi connectivity index (χ1n) is 2.94. The molecular weight excluding hydrogens is 148 g/mol. The fourth-order valence-electron chi connectivity index (χ4n) is 0.775. The average Bonchev–Trinajstić information content (AvgIpc) is 1.88. The lowest BCUT2D eigenvalue weighted by atomic mass is 10.1. The van der Waals surface area contributed by atoms with Gasteiger partial charge in [-0.2, -0.15) is 0 Å². The Kier molecular flexibility index (Phi) is 2.17. The normalized spacial score (nSPS) is 9.80. The molecule has 1 nitrogen and oxygen atoms in total. The van der Waals surface area contributed by atoms with E-state index in [0.717, 1.165) is 5.56 Å². The topological polar surface area (TPSA) is 20.2 Å². The molecule has 0 fully saturated rings. The van der Waals surface area contributed by atoms with Crippen LogP contribution in [0.25, 0.3) is 0 Å². The summed E-state index contributed by atoms with van der Waals surface area (Å²) in [5, 5.41) is 9.17. The highest BCUT2D eigenvalue weighted by Crippen LogP contribution is 2.21. The molecule has 0 unspecified atom stereocenters. The highest BCUT2D eigenvalue weighted by atomic mass is 35.5. The van der Waals surface area contributed by atoms with Crippen LogP contribution in [0.1, 0.15) is 11.1 Å². The number of aromatic hydroxyl groups is 1. The van der Waals surface area contributed by atoms with Crippen molar-refractivity contribution in [1.29, 1.82) is 0 Å². The largest absolute Gasteiger partial charge is 0.508 e. The van der Waals surface area contributed by atoms with E-state index in [1.165, 1.54) is 0 Å². The van der Waals surface area contributed by atoms with Crippen molar-refractivity contribution in [3.8, 4) is 5.75 Å². The molecule has 2 heteroatoms. The molecule has 0 spiro atoms. The summed E-state index contributed by atoms with van der Waals surface area (Å²) in [6.45, 7) is 3.71. The first-order valence-corrected chi connectivity index (χ1v) is 3.48. The van der Waals surface area contributed by atoms with Gasteiger partial charge in [-0.15, -0.1) is 11.6 Å². The smallest absolute Gasteiger partial charge is 0.120 e. The summed E-state index contributed by atoms with van der Waals surface area (Å²) in [5.41, 5.74) is 1.50. The first-order chi connectivity index (χ1) is 4.75. The van der Waals surface area contributed by atoms with Crippen molar-refractivity contribution in [2.75, 3.05) is 0 Å². The highest BCUT2D eigenvalue weighted by molar-refractivity contribution is 6.17. The van der Waals surface area contributed by atoms with E-state index in [-0.39, 0.29) is 5.75 Å². The van der Waals surface area contributed by atoms with Gasteiger partial charge >= 0.3 is 0 Å². The van der Waals surface area contributed by atoms with Gasteiger partial charge in [0.1, 0.15) is 5.75 Å². The van der Waals surface area contributed by atoms with Gasteiger partial charge in [-0.1, -0.05) is 12.1 Å². The standard InChI is InChI=1S/C8H8ClO/c1-6-3-2-4-8(10)7(6)5-9/h2-4,10H,1,5H2. The van der Waals surface area contributed by atoms with E-state index in [4.69, 9.17) is 16.7 Å². The summed E-state index contributed by atoms with van der Waals surface area (Å²) in [6.07, 6.45) is 0. The zero-order valence-electron chi connectivity index (χ0n) is 5.47. The second kappa shape index (κ2) is 2.93. The fourth-order valence-corrected chi connectivity index (χ4v) is 1.08. The quantitative estimate of drug-likeness (QED) is 0.618. The van der Waals surface area contributed by atoms with Gasteiger partial charge in [0.15, 0.2) is 0 Å². The van der Waals surface area contributed by atoms with E-state index >= 15 is 0 Å². The van der Waals surface area contributed by atoms with E-state index in [9.17, 15) is 0 Å². The van der Waals surface area contributed by atoms with Gasteiger partial charge < -0.3 is 5.11 Å². The Morgan fingerprint density at radius 3 is 2.60 bits per heavy atom. The van der Waals surface area contributed by atoms with Gasteiger partial charge in [-0.3, -0.25) is 0 Å². The number of phenolic OH excluding ortho intramolecular Hbond substituents is 1. The average molecular weight is 156 g/mol. The lowest BCUT2D eigenvalue weighted by Gasteiger charge is -2.02. The molecule has 0 aromatic heterocycles. The van der Waals surface area contributed by atoms with Crippen LogP contribution in [0, 0.1) is 6.92 Å². The third-order valence-electron chi connectivity index (χ3n) is 1.38. The lowest BCUT2D eigenvalue weighted by molar-refractivity contribution is 0.470. The molecule has 0 saturated heterocycles. The summed E-state index contributed by atoms with van der Waals surface area (Å²) in [4.78, 5) is 0. The second-order valence-electron chi connectivity index (χ2n) is 2.05. The van der Waals surface area contributed by atoms with Crippen LogP contribution in [-0.2, 0) is 5.88 Å². The minimum atomic E-state index is 0.225. The minimum Gasteiger partial charge on any atom is -0.508 e. The van der Waals surface area contributed by atoms with Crippen molar-refractivity contribution in [3.63, 3.8) is 0 Å². The fraction of sp³-hybridized carbons (Fsp3) is 0.125.